The summed E-state index contributed by atoms with van der Waals surface area (Å²) in [6, 6.07) is 0. The molecule has 0 aliphatic rings. The molecule has 0 radical (unpaired) electrons. The average Bonchev–Trinajstić information content (AvgIpc) is 2.52. The van der Waals surface area contributed by atoms with Gasteiger partial charge in [-0.3, -0.25) is 0 Å². The number of thiazole rings is 1. The Bertz CT molecular complexity index is 266. The van der Waals surface area contributed by atoms with Crippen LogP contribution < -0.4 is 5.32 Å². The van der Waals surface area contributed by atoms with Gasteiger partial charge in [0, 0.05) is 10.9 Å². The third-order valence-electron chi connectivity index (χ3n) is 2.24. The molecule has 0 unspecified atom stereocenters. The summed E-state index contributed by atoms with van der Waals surface area (Å²) in [5.41, 5.74) is 1.34. The van der Waals surface area contributed by atoms with E-state index in [1.54, 1.807) is 11.3 Å². The molecule has 0 aliphatic carbocycles. The predicted octanol–water partition coefficient (Wildman–Crippen LogP) is 3.31. The Morgan fingerprint density at radius 1 is 1.46 bits per heavy atom. The Labute approximate surface area is 84.4 Å². The van der Waals surface area contributed by atoms with E-state index >= 15 is 0 Å². The van der Waals surface area contributed by atoms with Crippen molar-refractivity contribution in [2.75, 3.05) is 5.32 Å². The second kappa shape index (κ2) is 4.09. The van der Waals surface area contributed by atoms with Crippen LogP contribution in [0, 0.1) is 0 Å². The smallest absolute Gasteiger partial charge is 0.183 e. The monoisotopic (exact) mass is 198 g/mol. The van der Waals surface area contributed by atoms with E-state index in [0.29, 0.717) is 0 Å². The first-order chi connectivity index (χ1) is 6.07. The summed E-state index contributed by atoms with van der Waals surface area (Å²) in [5.74, 6) is 0. The Balaban J connectivity index is 2.63. The number of rotatable bonds is 4. The van der Waals surface area contributed by atoms with Crippen molar-refractivity contribution in [1.82, 2.24) is 4.98 Å². The molecular weight excluding hydrogens is 180 g/mol. The van der Waals surface area contributed by atoms with Gasteiger partial charge in [0.15, 0.2) is 5.13 Å². The van der Waals surface area contributed by atoms with Crippen molar-refractivity contribution in [2.45, 2.75) is 46.1 Å². The SMILES string of the molecule is CCc1csc(NC(C)(C)CC)n1. The fourth-order valence-corrected chi connectivity index (χ4v) is 1.88. The Morgan fingerprint density at radius 3 is 2.62 bits per heavy atom. The quantitative estimate of drug-likeness (QED) is 0.803. The molecule has 0 spiro atoms. The van der Waals surface area contributed by atoms with Gasteiger partial charge in [-0.2, -0.15) is 0 Å². The Hall–Kier alpha value is -0.570. The highest BCUT2D eigenvalue weighted by Gasteiger charge is 2.15. The summed E-state index contributed by atoms with van der Waals surface area (Å²) in [4.78, 5) is 4.47. The number of hydrogen-bond acceptors (Lipinski definition) is 3. The molecule has 13 heavy (non-hydrogen) atoms. The van der Waals surface area contributed by atoms with E-state index in [0.717, 1.165) is 18.0 Å². The highest BCUT2D eigenvalue weighted by atomic mass is 32.1. The van der Waals surface area contributed by atoms with Crippen LogP contribution in [0.4, 0.5) is 5.13 Å². The van der Waals surface area contributed by atoms with Gasteiger partial charge in [0.2, 0.25) is 0 Å². The van der Waals surface area contributed by atoms with Gasteiger partial charge in [-0.1, -0.05) is 13.8 Å². The molecule has 0 amide bonds. The maximum atomic E-state index is 4.47. The summed E-state index contributed by atoms with van der Waals surface area (Å²) in [6.45, 7) is 8.70. The maximum absolute atomic E-state index is 4.47. The van der Waals surface area contributed by atoms with E-state index in [1.807, 2.05) is 0 Å². The standard InChI is InChI=1S/C10H18N2S/c1-5-8-7-13-9(11-8)12-10(3,4)6-2/h7H,5-6H2,1-4H3,(H,11,12). The maximum Gasteiger partial charge on any atom is 0.183 e. The minimum Gasteiger partial charge on any atom is -0.357 e. The number of aryl methyl sites for hydroxylation is 1. The molecular formula is C10H18N2S. The van der Waals surface area contributed by atoms with Crippen molar-refractivity contribution >= 4 is 16.5 Å². The third-order valence-corrected chi connectivity index (χ3v) is 3.05. The zero-order valence-electron chi connectivity index (χ0n) is 8.85. The van der Waals surface area contributed by atoms with E-state index in [2.05, 4.69) is 43.4 Å². The molecule has 0 bridgehead atoms. The van der Waals surface area contributed by atoms with Gasteiger partial charge in [-0.25, -0.2) is 4.98 Å². The van der Waals surface area contributed by atoms with E-state index < -0.39 is 0 Å². The number of nitrogens with one attached hydrogen (secondary N) is 1. The van der Waals surface area contributed by atoms with Crippen molar-refractivity contribution in [3.63, 3.8) is 0 Å². The lowest BCUT2D eigenvalue weighted by atomic mass is 10.0. The van der Waals surface area contributed by atoms with Gasteiger partial charge < -0.3 is 5.32 Å². The van der Waals surface area contributed by atoms with Crippen molar-refractivity contribution in [1.29, 1.82) is 0 Å². The molecule has 2 nitrogen and oxygen atoms in total. The van der Waals surface area contributed by atoms with Gasteiger partial charge in [0.25, 0.3) is 0 Å². The van der Waals surface area contributed by atoms with E-state index in [1.165, 1.54) is 5.69 Å². The molecule has 3 heteroatoms. The summed E-state index contributed by atoms with van der Waals surface area (Å²) in [5, 5.41) is 6.59. The van der Waals surface area contributed by atoms with Crippen LogP contribution in [0.15, 0.2) is 5.38 Å². The molecule has 1 N–H and O–H groups in total. The number of anilines is 1. The first-order valence-corrected chi connectivity index (χ1v) is 5.68. The molecule has 74 valence electrons. The highest BCUT2D eigenvalue weighted by Crippen LogP contribution is 2.21. The number of hydrogen-bond donors (Lipinski definition) is 1. The predicted molar refractivity (Wildman–Crippen MR) is 59.5 cm³/mol. The van der Waals surface area contributed by atoms with Gasteiger partial charge in [0.05, 0.1) is 5.69 Å². The zero-order valence-corrected chi connectivity index (χ0v) is 9.66. The van der Waals surface area contributed by atoms with Crippen LogP contribution >= 0.6 is 11.3 Å². The van der Waals surface area contributed by atoms with Gasteiger partial charge in [0.1, 0.15) is 0 Å². The molecule has 1 rings (SSSR count). The molecule has 0 fully saturated rings. The summed E-state index contributed by atoms with van der Waals surface area (Å²) in [7, 11) is 0. The first kappa shape index (κ1) is 10.5. The lowest BCUT2D eigenvalue weighted by Crippen LogP contribution is -2.29. The van der Waals surface area contributed by atoms with E-state index in [4.69, 9.17) is 0 Å². The van der Waals surface area contributed by atoms with Crippen molar-refractivity contribution in [3.8, 4) is 0 Å². The van der Waals surface area contributed by atoms with Crippen LogP contribution in [0.2, 0.25) is 0 Å². The first-order valence-electron chi connectivity index (χ1n) is 4.80. The Kier molecular flexibility index (Phi) is 3.31. The number of aromatic nitrogens is 1. The molecule has 0 aromatic carbocycles. The normalized spacial score (nSPS) is 11.7. The van der Waals surface area contributed by atoms with Crippen LogP contribution in [-0.4, -0.2) is 10.5 Å². The second-order valence-corrected chi connectivity index (χ2v) is 4.72. The lowest BCUT2D eigenvalue weighted by molar-refractivity contribution is 0.546. The fraction of sp³-hybridized carbons (Fsp3) is 0.700. The van der Waals surface area contributed by atoms with E-state index in [-0.39, 0.29) is 5.54 Å². The topological polar surface area (TPSA) is 24.9 Å². The van der Waals surface area contributed by atoms with Crippen molar-refractivity contribution < 1.29 is 0 Å². The summed E-state index contributed by atoms with van der Waals surface area (Å²) < 4.78 is 0. The number of nitrogens with zero attached hydrogens (tertiary/aromatic N) is 1. The van der Waals surface area contributed by atoms with Gasteiger partial charge in [-0.15, -0.1) is 11.3 Å². The highest BCUT2D eigenvalue weighted by molar-refractivity contribution is 7.13. The summed E-state index contributed by atoms with van der Waals surface area (Å²) in [6.07, 6.45) is 2.12. The van der Waals surface area contributed by atoms with Crippen molar-refractivity contribution in [3.05, 3.63) is 11.1 Å². The molecule has 0 saturated heterocycles. The van der Waals surface area contributed by atoms with Crippen LogP contribution in [0.1, 0.15) is 39.8 Å². The minimum absolute atomic E-state index is 0.156. The molecule has 1 heterocycles. The molecule has 0 saturated carbocycles. The van der Waals surface area contributed by atoms with Crippen LogP contribution in [0.5, 0.6) is 0 Å². The zero-order chi connectivity index (χ0) is 9.90. The van der Waals surface area contributed by atoms with E-state index in [9.17, 15) is 0 Å². The third kappa shape index (κ3) is 2.99. The lowest BCUT2D eigenvalue weighted by Gasteiger charge is -2.23. The molecule has 0 atom stereocenters. The molecule has 0 aliphatic heterocycles. The fourth-order valence-electron chi connectivity index (χ4n) is 0.905. The average molecular weight is 198 g/mol. The summed E-state index contributed by atoms with van der Waals surface area (Å²) >= 11 is 1.69. The molecule has 1 aromatic rings. The van der Waals surface area contributed by atoms with Crippen LogP contribution in [0.3, 0.4) is 0 Å². The Morgan fingerprint density at radius 2 is 2.15 bits per heavy atom. The van der Waals surface area contributed by atoms with Crippen LogP contribution in [0.25, 0.3) is 0 Å². The van der Waals surface area contributed by atoms with Crippen LogP contribution in [-0.2, 0) is 6.42 Å². The molecule has 1 aromatic heterocycles. The second-order valence-electron chi connectivity index (χ2n) is 3.86. The van der Waals surface area contributed by atoms with Gasteiger partial charge >= 0.3 is 0 Å². The largest absolute Gasteiger partial charge is 0.357 e. The van der Waals surface area contributed by atoms with Gasteiger partial charge in [-0.05, 0) is 26.7 Å². The van der Waals surface area contributed by atoms with Crippen molar-refractivity contribution in [2.24, 2.45) is 0 Å². The minimum atomic E-state index is 0.156.